The number of anilines is 2. The minimum Gasteiger partial charge on any atom is -0.495 e. The number of benzene rings is 2. The summed E-state index contributed by atoms with van der Waals surface area (Å²) in [4.78, 5) is 12.5. The fourth-order valence-corrected chi connectivity index (χ4v) is 2.97. The van der Waals surface area contributed by atoms with Gasteiger partial charge in [-0.05, 0) is 36.4 Å². The van der Waals surface area contributed by atoms with Gasteiger partial charge in [0.25, 0.3) is 5.91 Å². The van der Waals surface area contributed by atoms with Gasteiger partial charge in [-0.25, -0.2) is 8.42 Å². The number of carbonyl (C=O) groups excluding carboxylic acids is 1. The van der Waals surface area contributed by atoms with E-state index in [1.54, 1.807) is 18.2 Å². The average molecular weight is 403 g/mol. The Bertz CT molecular complexity index is 916. The molecule has 25 heavy (non-hydrogen) atoms. The highest BCUT2D eigenvalue weighted by Crippen LogP contribution is 2.29. The van der Waals surface area contributed by atoms with Gasteiger partial charge in [0.15, 0.2) is 0 Å². The molecule has 1 N–H and O–H groups in total. The summed E-state index contributed by atoms with van der Waals surface area (Å²) < 4.78 is 29.4. The zero-order valence-corrected chi connectivity index (χ0v) is 16.0. The van der Waals surface area contributed by atoms with Crippen molar-refractivity contribution in [3.8, 4) is 5.75 Å². The Labute approximate surface area is 156 Å². The van der Waals surface area contributed by atoms with E-state index >= 15 is 0 Å². The highest BCUT2D eigenvalue weighted by atomic mass is 35.5. The van der Waals surface area contributed by atoms with E-state index in [0.717, 1.165) is 10.6 Å². The first kappa shape index (κ1) is 19.4. The SMILES string of the molecule is COc1ccc(NC(=O)c2cc(N(C)S(C)(=O)=O)ccc2Cl)cc1Cl. The quantitative estimate of drug-likeness (QED) is 0.827. The van der Waals surface area contributed by atoms with E-state index in [1.807, 2.05) is 0 Å². The lowest BCUT2D eigenvalue weighted by molar-refractivity contribution is 0.102. The molecule has 6 nitrogen and oxygen atoms in total. The predicted molar refractivity (Wildman–Crippen MR) is 101 cm³/mol. The lowest BCUT2D eigenvalue weighted by atomic mass is 10.1. The van der Waals surface area contributed by atoms with Crippen LogP contribution in [0.15, 0.2) is 36.4 Å². The van der Waals surface area contributed by atoms with E-state index in [2.05, 4.69) is 5.32 Å². The van der Waals surface area contributed by atoms with Crippen molar-refractivity contribution in [3.05, 3.63) is 52.0 Å². The molecule has 0 spiro atoms. The standard InChI is InChI=1S/C16H16Cl2N2O4S/c1-20(25(3,22)23)11-5-6-13(17)12(9-11)16(21)19-10-4-7-15(24-2)14(18)8-10/h4-9H,1-3H3,(H,19,21). The predicted octanol–water partition coefficient (Wildman–Crippen LogP) is 3.65. The van der Waals surface area contributed by atoms with Gasteiger partial charge < -0.3 is 10.1 Å². The Morgan fingerprint density at radius 2 is 1.80 bits per heavy atom. The van der Waals surface area contributed by atoms with Crippen LogP contribution in [0.25, 0.3) is 0 Å². The van der Waals surface area contributed by atoms with Gasteiger partial charge in [0, 0.05) is 12.7 Å². The summed E-state index contributed by atoms with van der Waals surface area (Å²) in [6.07, 6.45) is 1.07. The maximum Gasteiger partial charge on any atom is 0.257 e. The monoisotopic (exact) mass is 402 g/mol. The molecular formula is C16H16Cl2N2O4S. The van der Waals surface area contributed by atoms with Crippen LogP contribution in [-0.2, 0) is 10.0 Å². The van der Waals surface area contributed by atoms with Crippen molar-refractivity contribution in [1.82, 2.24) is 0 Å². The van der Waals surface area contributed by atoms with Crippen molar-refractivity contribution in [2.24, 2.45) is 0 Å². The summed E-state index contributed by atoms with van der Waals surface area (Å²) in [6, 6.07) is 9.18. The van der Waals surface area contributed by atoms with Gasteiger partial charge in [0.05, 0.1) is 34.7 Å². The van der Waals surface area contributed by atoms with Gasteiger partial charge in [0.1, 0.15) is 5.75 Å². The molecule has 0 aromatic heterocycles. The van der Waals surface area contributed by atoms with E-state index < -0.39 is 15.9 Å². The molecule has 0 heterocycles. The third-order valence-electron chi connectivity index (χ3n) is 3.47. The maximum absolute atomic E-state index is 12.5. The number of halogens is 2. The molecule has 0 atom stereocenters. The van der Waals surface area contributed by atoms with Crippen molar-refractivity contribution >= 4 is 50.5 Å². The van der Waals surface area contributed by atoms with Crippen LogP contribution in [0.3, 0.4) is 0 Å². The van der Waals surface area contributed by atoms with Crippen LogP contribution >= 0.6 is 23.2 Å². The van der Waals surface area contributed by atoms with Crippen molar-refractivity contribution in [2.45, 2.75) is 0 Å². The molecule has 9 heteroatoms. The lowest BCUT2D eigenvalue weighted by Crippen LogP contribution is -2.25. The summed E-state index contributed by atoms with van der Waals surface area (Å²) in [5.41, 5.74) is 0.917. The lowest BCUT2D eigenvalue weighted by Gasteiger charge is -2.18. The third kappa shape index (κ3) is 4.56. The maximum atomic E-state index is 12.5. The molecule has 0 saturated carbocycles. The van der Waals surface area contributed by atoms with Crippen LogP contribution in [0.4, 0.5) is 11.4 Å². The number of rotatable bonds is 5. The van der Waals surface area contributed by atoms with Crippen LogP contribution in [0, 0.1) is 0 Å². The molecule has 2 aromatic rings. The van der Waals surface area contributed by atoms with Crippen LogP contribution in [0.1, 0.15) is 10.4 Å². The summed E-state index contributed by atoms with van der Waals surface area (Å²) >= 11 is 12.1. The number of nitrogens with one attached hydrogen (secondary N) is 1. The molecule has 134 valence electrons. The number of carbonyl (C=O) groups is 1. The summed E-state index contributed by atoms with van der Waals surface area (Å²) in [6.45, 7) is 0. The van der Waals surface area contributed by atoms with E-state index in [-0.39, 0.29) is 10.6 Å². The number of amides is 1. The average Bonchev–Trinajstić information content (AvgIpc) is 2.54. The minimum atomic E-state index is -3.46. The van der Waals surface area contributed by atoms with Crippen molar-refractivity contribution in [1.29, 1.82) is 0 Å². The molecule has 0 unspecified atom stereocenters. The zero-order valence-electron chi connectivity index (χ0n) is 13.7. The van der Waals surface area contributed by atoms with Gasteiger partial charge in [-0.15, -0.1) is 0 Å². The van der Waals surface area contributed by atoms with E-state index in [9.17, 15) is 13.2 Å². The third-order valence-corrected chi connectivity index (χ3v) is 5.30. The molecular weight excluding hydrogens is 387 g/mol. The largest absolute Gasteiger partial charge is 0.495 e. The first-order valence-corrected chi connectivity index (χ1v) is 9.62. The van der Waals surface area contributed by atoms with Crippen LogP contribution in [0.2, 0.25) is 10.0 Å². The fourth-order valence-electron chi connectivity index (χ4n) is 2.02. The van der Waals surface area contributed by atoms with Crippen LogP contribution in [0.5, 0.6) is 5.75 Å². The molecule has 0 bridgehead atoms. The molecule has 1 amide bonds. The molecule has 0 saturated heterocycles. The van der Waals surface area contributed by atoms with Crippen molar-refractivity contribution < 1.29 is 17.9 Å². The van der Waals surface area contributed by atoms with Gasteiger partial charge in [-0.3, -0.25) is 9.10 Å². The number of nitrogens with zero attached hydrogens (tertiary/aromatic N) is 1. The number of hydrogen-bond acceptors (Lipinski definition) is 4. The minimum absolute atomic E-state index is 0.140. The first-order valence-electron chi connectivity index (χ1n) is 7.02. The van der Waals surface area contributed by atoms with Gasteiger partial charge in [-0.2, -0.15) is 0 Å². The Kier molecular flexibility index (Phi) is 5.82. The number of sulfonamides is 1. The molecule has 0 aliphatic carbocycles. The zero-order chi connectivity index (χ0) is 18.8. The highest BCUT2D eigenvalue weighted by Gasteiger charge is 2.17. The number of hydrogen-bond donors (Lipinski definition) is 1. The van der Waals surface area contributed by atoms with Crippen LogP contribution < -0.4 is 14.4 Å². The Morgan fingerprint density at radius 3 is 2.36 bits per heavy atom. The van der Waals surface area contributed by atoms with Crippen molar-refractivity contribution in [3.63, 3.8) is 0 Å². The second-order valence-corrected chi connectivity index (χ2v) is 8.03. The molecule has 0 radical (unpaired) electrons. The van der Waals surface area contributed by atoms with E-state index in [4.69, 9.17) is 27.9 Å². The van der Waals surface area contributed by atoms with Gasteiger partial charge >= 0.3 is 0 Å². The van der Waals surface area contributed by atoms with Gasteiger partial charge in [-0.1, -0.05) is 23.2 Å². The van der Waals surface area contributed by atoms with Crippen LogP contribution in [-0.4, -0.2) is 34.7 Å². The Balaban J connectivity index is 2.31. The molecule has 2 rings (SSSR count). The van der Waals surface area contributed by atoms with Crippen molar-refractivity contribution in [2.75, 3.05) is 30.0 Å². The first-order chi connectivity index (χ1) is 11.6. The number of methoxy groups -OCH3 is 1. The highest BCUT2D eigenvalue weighted by molar-refractivity contribution is 7.92. The van der Waals surface area contributed by atoms with Gasteiger partial charge in [0.2, 0.25) is 10.0 Å². The van der Waals surface area contributed by atoms with E-state index in [1.165, 1.54) is 32.4 Å². The number of ether oxygens (including phenoxy) is 1. The molecule has 0 aliphatic rings. The molecule has 0 fully saturated rings. The second-order valence-electron chi connectivity index (χ2n) is 5.20. The Hall–Kier alpha value is -1.96. The second kappa shape index (κ2) is 7.51. The fraction of sp³-hybridized carbons (Fsp3) is 0.188. The summed E-state index contributed by atoms with van der Waals surface area (Å²) in [7, 11) is -0.575. The summed E-state index contributed by atoms with van der Waals surface area (Å²) in [5, 5.41) is 3.21. The normalized spacial score (nSPS) is 11.1. The topological polar surface area (TPSA) is 75.7 Å². The van der Waals surface area contributed by atoms with E-state index in [0.29, 0.717) is 22.1 Å². The summed E-state index contributed by atoms with van der Waals surface area (Å²) in [5.74, 6) is -0.00976. The molecule has 0 aliphatic heterocycles. The Morgan fingerprint density at radius 1 is 1.12 bits per heavy atom. The molecule has 2 aromatic carbocycles. The smallest absolute Gasteiger partial charge is 0.257 e.